The SMILES string of the molecule is C=CC(=O)Nc1cccc(Nc2nc(NC3=CC(N4CCN(CCO)CC4)CC=C3)ncc2F)c1. The van der Waals surface area contributed by atoms with Gasteiger partial charge in [-0.1, -0.05) is 18.7 Å². The van der Waals surface area contributed by atoms with E-state index in [9.17, 15) is 9.18 Å². The van der Waals surface area contributed by atoms with Gasteiger partial charge in [0, 0.05) is 55.8 Å². The molecule has 1 fully saturated rings. The van der Waals surface area contributed by atoms with Crippen LogP contribution in [0.15, 0.2) is 67.0 Å². The third-order valence-corrected chi connectivity index (χ3v) is 5.92. The number of allylic oxidation sites excluding steroid dienone is 1. The molecule has 9 nitrogen and oxygen atoms in total. The second kappa shape index (κ2) is 11.7. The Balaban J connectivity index is 1.41. The number of nitrogens with one attached hydrogen (secondary N) is 3. The van der Waals surface area contributed by atoms with Gasteiger partial charge in [-0.05, 0) is 42.8 Å². The lowest BCUT2D eigenvalue weighted by molar-refractivity contribution is -0.111. The monoisotopic (exact) mass is 479 g/mol. The molecular weight excluding hydrogens is 449 g/mol. The summed E-state index contributed by atoms with van der Waals surface area (Å²) in [7, 11) is 0. The van der Waals surface area contributed by atoms with E-state index in [1.54, 1.807) is 24.3 Å². The molecule has 1 saturated heterocycles. The van der Waals surface area contributed by atoms with Crippen molar-refractivity contribution in [3.8, 4) is 0 Å². The largest absolute Gasteiger partial charge is 0.395 e. The van der Waals surface area contributed by atoms with Crippen LogP contribution in [0.5, 0.6) is 0 Å². The number of aliphatic hydroxyl groups is 1. The molecule has 1 aromatic carbocycles. The van der Waals surface area contributed by atoms with Crippen LogP contribution in [-0.4, -0.2) is 76.2 Å². The van der Waals surface area contributed by atoms with E-state index in [1.165, 1.54) is 6.08 Å². The fourth-order valence-corrected chi connectivity index (χ4v) is 4.11. The quantitative estimate of drug-likeness (QED) is 0.407. The number of benzene rings is 1. The van der Waals surface area contributed by atoms with Gasteiger partial charge < -0.3 is 21.1 Å². The Morgan fingerprint density at radius 2 is 2.03 bits per heavy atom. The first-order chi connectivity index (χ1) is 17.0. The second-order valence-corrected chi connectivity index (χ2v) is 8.34. The zero-order valence-electron chi connectivity index (χ0n) is 19.5. The molecule has 35 heavy (non-hydrogen) atoms. The van der Waals surface area contributed by atoms with Gasteiger partial charge in [0.15, 0.2) is 11.6 Å². The molecule has 4 N–H and O–H groups in total. The molecule has 0 spiro atoms. The van der Waals surface area contributed by atoms with Crippen LogP contribution in [0.2, 0.25) is 0 Å². The molecule has 1 amide bonds. The van der Waals surface area contributed by atoms with Crippen molar-refractivity contribution in [2.45, 2.75) is 12.5 Å². The van der Waals surface area contributed by atoms with Crippen LogP contribution in [0.3, 0.4) is 0 Å². The first kappa shape index (κ1) is 24.5. The van der Waals surface area contributed by atoms with Crippen LogP contribution in [0.4, 0.5) is 27.5 Å². The van der Waals surface area contributed by atoms with Gasteiger partial charge >= 0.3 is 0 Å². The van der Waals surface area contributed by atoms with Crippen molar-refractivity contribution in [1.29, 1.82) is 0 Å². The summed E-state index contributed by atoms with van der Waals surface area (Å²) in [5, 5.41) is 17.9. The summed E-state index contributed by atoms with van der Waals surface area (Å²) in [6, 6.07) is 7.13. The van der Waals surface area contributed by atoms with E-state index in [0.29, 0.717) is 17.9 Å². The molecule has 2 heterocycles. The van der Waals surface area contributed by atoms with Gasteiger partial charge in [-0.15, -0.1) is 0 Å². The number of aliphatic hydroxyl groups excluding tert-OH is 1. The minimum atomic E-state index is -0.595. The number of aromatic nitrogens is 2. The highest BCUT2D eigenvalue weighted by atomic mass is 19.1. The lowest BCUT2D eigenvalue weighted by Gasteiger charge is -2.38. The Kier molecular flexibility index (Phi) is 8.19. The number of nitrogens with zero attached hydrogens (tertiary/aromatic N) is 4. The summed E-state index contributed by atoms with van der Waals surface area (Å²) in [6.07, 6.45) is 9.45. The third-order valence-electron chi connectivity index (χ3n) is 5.92. The second-order valence-electron chi connectivity index (χ2n) is 8.34. The van der Waals surface area contributed by atoms with E-state index >= 15 is 0 Å². The highest BCUT2D eigenvalue weighted by Gasteiger charge is 2.23. The van der Waals surface area contributed by atoms with Gasteiger partial charge in [-0.25, -0.2) is 9.37 Å². The lowest BCUT2D eigenvalue weighted by Crippen LogP contribution is -2.50. The number of halogens is 1. The van der Waals surface area contributed by atoms with Crippen molar-refractivity contribution >= 4 is 29.0 Å². The zero-order valence-corrected chi connectivity index (χ0v) is 19.5. The minimum absolute atomic E-state index is 0.0200. The molecule has 4 rings (SSSR count). The fourth-order valence-electron chi connectivity index (χ4n) is 4.11. The lowest BCUT2D eigenvalue weighted by atomic mass is 10.0. The summed E-state index contributed by atoms with van der Waals surface area (Å²) in [5.41, 5.74) is 1.96. The summed E-state index contributed by atoms with van der Waals surface area (Å²) in [6.45, 7) is 8.09. The van der Waals surface area contributed by atoms with E-state index in [4.69, 9.17) is 5.11 Å². The standard InChI is InChI=1S/C25H30FN7O2/c1-2-23(35)28-18-5-3-6-19(15-18)29-24-22(26)17-27-25(31-24)30-20-7-4-8-21(16-20)33-11-9-32(10-12-33)13-14-34/h2-7,15-17,21,34H,1,8-14H2,(H,28,35)(H2,27,29,30,31). The molecule has 1 unspecified atom stereocenters. The summed E-state index contributed by atoms with van der Waals surface area (Å²) in [5.74, 6) is -0.634. The predicted octanol–water partition coefficient (Wildman–Crippen LogP) is 2.72. The van der Waals surface area contributed by atoms with Crippen molar-refractivity contribution in [2.24, 2.45) is 0 Å². The first-order valence-electron chi connectivity index (χ1n) is 11.6. The fraction of sp³-hybridized carbons (Fsp3) is 0.320. The number of hydrogen-bond donors (Lipinski definition) is 4. The van der Waals surface area contributed by atoms with Crippen LogP contribution in [0.1, 0.15) is 6.42 Å². The minimum Gasteiger partial charge on any atom is -0.395 e. The van der Waals surface area contributed by atoms with E-state index in [1.807, 2.05) is 6.08 Å². The van der Waals surface area contributed by atoms with E-state index in [0.717, 1.165) is 44.5 Å². The predicted molar refractivity (Wildman–Crippen MR) is 135 cm³/mol. The average Bonchev–Trinajstić information content (AvgIpc) is 2.87. The Labute approximate surface area is 204 Å². The van der Waals surface area contributed by atoms with Crippen LogP contribution >= 0.6 is 0 Å². The number of anilines is 4. The van der Waals surface area contributed by atoms with E-state index in [-0.39, 0.29) is 30.3 Å². The van der Waals surface area contributed by atoms with Crippen molar-refractivity contribution in [1.82, 2.24) is 19.8 Å². The molecule has 2 aliphatic rings. The van der Waals surface area contributed by atoms with Gasteiger partial charge in [0.1, 0.15) is 0 Å². The Hall–Kier alpha value is -3.60. The molecule has 1 aromatic heterocycles. The van der Waals surface area contributed by atoms with Gasteiger partial charge in [-0.2, -0.15) is 4.98 Å². The number of carbonyl (C=O) groups is 1. The van der Waals surface area contributed by atoms with Gasteiger partial charge in [0.05, 0.1) is 12.8 Å². The molecule has 1 aliphatic heterocycles. The number of β-amino-alcohol motifs (C(OH)–C–C–N with tert-alkyl or cyclic N) is 1. The third kappa shape index (κ3) is 6.72. The molecule has 0 saturated carbocycles. The molecule has 10 heteroatoms. The maximum atomic E-state index is 14.4. The normalized spacial score (nSPS) is 18.6. The maximum Gasteiger partial charge on any atom is 0.247 e. The zero-order chi connectivity index (χ0) is 24.6. The van der Waals surface area contributed by atoms with Gasteiger partial charge in [0.2, 0.25) is 11.9 Å². The van der Waals surface area contributed by atoms with Crippen LogP contribution in [0.25, 0.3) is 0 Å². The smallest absolute Gasteiger partial charge is 0.247 e. The molecule has 0 bridgehead atoms. The maximum absolute atomic E-state index is 14.4. The van der Waals surface area contributed by atoms with Gasteiger partial charge in [-0.3, -0.25) is 14.6 Å². The number of hydrogen-bond acceptors (Lipinski definition) is 8. The van der Waals surface area contributed by atoms with Crippen molar-refractivity contribution in [2.75, 3.05) is 55.3 Å². The molecular formula is C25H30FN7O2. The van der Waals surface area contributed by atoms with Crippen LogP contribution in [-0.2, 0) is 4.79 Å². The summed E-state index contributed by atoms with van der Waals surface area (Å²) >= 11 is 0. The van der Waals surface area contributed by atoms with Crippen molar-refractivity contribution in [3.63, 3.8) is 0 Å². The Bertz CT molecular complexity index is 1110. The number of piperazine rings is 1. The summed E-state index contributed by atoms with van der Waals surface area (Å²) < 4.78 is 14.4. The molecule has 2 aromatic rings. The highest BCUT2D eigenvalue weighted by molar-refractivity contribution is 5.99. The Morgan fingerprint density at radius 1 is 1.23 bits per heavy atom. The van der Waals surface area contributed by atoms with Crippen LogP contribution in [0, 0.1) is 5.82 Å². The summed E-state index contributed by atoms with van der Waals surface area (Å²) in [4.78, 5) is 24.6. The Morgan fingerprint density at radius 3 is 2.80 bits per heavy atom. The number of rotatable bonds is 9. The number of amides is 1. The molecule has 0 radical (unpaired) electrons. The highest BCUT2D eigenvalue weighted by Crippen LogP contribution is 2.23. The molecule has 184 valence electrons. The molecule has 1 atom stereocenters. The number of carbonyl (C=O) groups excluding carboxylic acids is 1. The van der Waals surface area contributed by atoms with E-state index < -0.39 is 5.82 Å². The topological polar surface area (TPSA) is 106 Å². The average molecular weight is 480 g/mol. The van der Waals surface area contributed by atoms with Gasteiger partial charge in [0.25, 0.3) is 0 Å². The molecule has 1 aliphatic carbocycles. The van der Waals surface area contributed by atoms with Crippen molar-refractivity contribution < 1.29 is 14.3 Å². The van der Waals surface area contributed by atoms with E-state index in [2.05, 4.69) is 54.4 Å². The first-order valence-corrected chi connectivity index (χ1v) is 11.6. The van der Waals surface area contributed by atoms with Crippen molar-refractivity contribution in [3.05, 3.63) is 72.9 Å². The van der Waals surface area contributed by atoms with Crippen LogP contribution < -0.4 is 16.0 Å².